The third-order valence-electron chi connectivity index (χ3n) is 3.17. The van der Waals surface area contributed by atoms with E-state index >= 15 is 0 Å². The lowest BCUT2D eigenvalue weighted by Crippen LogP contribution is -2.35. The summed E-state index contributed by atoms with van der Waals surface area (Å²) in [5.41, 5.74) is 1.39. The highest BCUT2D eigenvalue weighted by Crippen LogP contribution is 2.29. The highest BCUT2D eigenvalue weighted by atomic mass is 32.1. The van der Waals surface area contributed by atoms with E-state index in [4.69, 9.17) is 9.72 Å². The zero-order valence-electron chi connectivity index (χ0n) is 13.9. The summed E-state index contributed by atoms with van der Waals surface area (Å²) in [6.07, 6.45) is 4.51. The van der Waals surface area contributed by atoms with Gasteiger partial charge in [-0.3, -0.25) is 0 Å². The summed E-state index contributed by atoms with van der Waals surface area (Å²) in [7, 11) is 1.79. The van der Waals surface area contributed by atoms with Gasteiger partial charge in [-0.25, -0.2) is 4.98 Å². The third-order valence-corrected chi connectivity index (χ3v) is 4.36. The zero-order valence-corrected chi connectivity index (χ0v) is 14.7. The maximum Gasteiger partial charge on any atom is 0.122 e. The van der Waals surface area contributed by atoms with Gasteiger partial charge in [0.05, 0.1) is 5.69 Å². The SMILES string of the molecule is CCCc1nc(C(CCC)OC)sc1CNC(C)(C)C. The molecule has 20 heavy (non-hydrogen) atoms. The van der Waals surface area contributed by atoms with Crippen LogP contribution in [0.1, 0.15) is 75.6 Å². The van der Waals surface area contributed by atoms with E-state index in [0.717, 1.165) is 37.2 Å². The number of ether oxygens (including phenoxy) is 1. The second-order valence-electron chi connectivity index (χ2n) is 6.29. The molecule has 0 amide bonds. The van der Waals surface area contributed by atoms with Gasteiger partial charge >= 0.3 is 0 Å². The second kappa shape index (κ2) is 8.11. The largest absolute Gasteiger partial charge is 0.374 e. The first-order chi connectivity index (χ1) is 9.41. The summed E-state index contributed by atoms with van der Waals surface area (Å²) in [6.45, 7) is 11.9. The van der Waals surface area contributed by atoms with Crippen molar-refractivity contribution >= 4 is 11.3 Å². The number of hydrogen-bond acceptors (Lipinski definition) is 4. The van der Waals surface area contributed by atoms with Crippen LogP contribution in [-0.4, -0.2) is 17.6 Å². The van der Waals surface area contributed by atoms with E-state index < -0.39 is 0 Å². The Morgan fingerprint density at radius 2 is 1.95 bits per heavy atom. The van der Waals surface area contributed by atoms with Crippen molar-refractivity contribution in [2.45, 2.75) is 78.5 Å². The molecule has 1 heterocycles. The fourth-order valence-electron chi connectivity index (χ4n) is 2.06. The fraction of sp³-hybridized carbons (Fsp3) is 0.812. The molecule has 1 aromatic rings. The normalized spacial score (nSPS) is 13.7. The van der Waals surface area contributed by atoms with Crippen LogP contribution < -0.4 is 5.32 Å². The van der Waals surface area contributed by atoms with Crippen molar-refractivity contribution in [3.05, 3.63) is 15.6 Å². The first kappa shape index (κ1) is 17.6. The van der Waals surface area contributed by atoms with Crippen LogP contribution in [0.25, 0.3) is 0 Å². The molecule has 1 atom stereocenters. The molecule has 0 fully saturated rings. The number of thiazole rings is 1. The van der Waals surface area contributed by atoms with E-state index in [-0.39, 0.29) is 11.6 Å². The van der Waals surface area contributed by atoms with Gasteiger partial charge in [0.1, 0.15) is 11.1 Å². The third kappa shape index (κ3) is 5.51. The molecule has 1 N–H and O–H groups in total. The Labute approximate surface area is 128 Å². The fourth-order valence-corrected chi connectivity index (χ4v) is 3.22. The van der Waals surface area contributed by atoms with Gasteiger partial charge in [-0.1, -0.05) is 26.7 Å². The summed E-state index contributed by atoms with van der Waals surface area (Å²) in [4.78, 5) is 6.21. The number of aryl methyl sites for hydroxylation is 1. The van der Waals surface area contributed by atoms with Crippen LogP contribution in [0.5, 0.6) is 0 Å². The van der Waals surface area contributed by atoms with Crippen LogP contribution in [0.4, 0.5) is 0 Å². The van der Waals surface area contributed by atoms with Gasteiger partial charge in [-0.2, -0.15) is 0 Å². The van der Waals surface area contributed by atoms with Gasteiger partial charge in [0.15, 0.2) is 0 Å². The van der Waals surface area contributed by atoms with E-state index in [1.54, 1.807) is 7.11 Å². The molecule has 116 valence electrons. The number of nitrogens with one attached hydrogen (secondary N) is 1. The van der Waals surface area contributed by atoms with Gasteiger partial charge in [-0.05, 0) is 33.6 Å². The van der Waals surface area contributed by atoms with Gasteiger partial charge < -0.3 is 10.1 Å². The minimum atomic E-state index is 0.137. The minimum absolute atomic E-state index is 0.137. The Hall–Kier alpha value is -0.450. The minimum Gasteiger partial charge on any atom is -0.374 e. The molecular weight excluding hydrogens is 268 g/mol. The predicted molar refractivity (Wildman–Crippen MR) is 87.4 cm³/mol. The number of nitrogens with zero attached hydrogens (tertiary/aromatic N) is 1. The Bertz CT molecular complexity index is 396. The molecule has 1 unspecified atom stereocenters. The number of rotatable bonds is 8. The highest BCUT2D eigenvalue weighted by Gasteiger charge is 2.19. The number of hydrogen-bond donors (Lipinski definition) is 1. The van der Waals surface area contributed by atoms with Gasteiger partial charge in [0.2, 0.25) is 0 Å². The molecule has 1 aromatic heterocycles. The average Bonchev–Trinajstić information content (AvgIpc) is 2.76. The van der Waals surface area contributed by atoms with Crippen molar-refractivity contribution in [1.82, 2.24) is 10.3 Å². The van der Waals surface area contributed by atoms with E-state index in [0.29, 0.717) is 0 Å². The molecule has 1 rings (SSSR count). The number of aromatic nitrogens is 1. The first-order valence-corrected chi connectivity index (χ1v) is 8.49. The molecular formula is C16H30N2OS. The lowest BCUT2D eigenvalue weighted by Gasteiger charge is -2.20. The molecule has 0 saturated carbocycles. The van der Waals surface area contributed by atoms with Crippen LogP contribution in [0.2, 0.25) is 0 Å². The standard InChI is InChI=1S/C16H30N2OS/c1-7-9-12-14(11-17-16(3,4)5)20-15(18-12)13(19-6)10-8-2/h13,17H,7-11H2,1-6H3. The maximum atomic E-state index is 5.60. The Morgan fingerprint density at radius 1 is 1.25 bits per heavy atom. The Morgan fingerprint density at radius 3 is 2.45 bits per heavy atom. The topological polar surface area (TPSA) is 34.1 Å². The molecule has 0 spiro atoms. The summed E-state index contributed by atoms with van der Waals surface area (Å²) < 4.78 is 5.60. The Kier molecular flexibility index (Phi) is 7.13. The second-order valence-corrected chi connectivity index (χ2v) is 7.40. The molecule has 0 aliphatic heterocycles. The molecule has 4 heteroatoms. The predicted octanol–water partition coefficient (Wildman–Crippen LogP) is 4.47. The lowest BCUT2D eigenvalue weighted by molar-refractivity contribution is 0.0946. The smallest absolute Gasteiger partial charge is 0.122 e. The van der Waals surface area contributed by atoms with Crippen LogP contribution in [0.3, 0.4) is 0 Å². The summed E-state index contributed by atoms with van der Waals surface area (Å²) in [5, 5.41) is 4.71. The highest BCUT2D eigenvalue weighted by molar-refractivity contribution is 7.11. The van der Waals surface area contributed by atoms with Crippen LogP contribution in [0.15, 0.2) is 0 Å². The number of methoxy groups -OCH3 is 1. The Balaban J connectivity index is 2.88. The van der Waals surface area contributed by atoms with Crippen LogP contribution in [-0.2, 0) is 17.7 Å². The molecule has 0 saturated heterocycles. The van der Waals surface area contributed by atoms with E-state index in [2.05, 4.69) is 39.9 Å². The van der Waals surface area contributed by atoms with Gasteiger partial charge in [0.25, 0.3) is 0 Å². The van der Waals surface area contributed by atoms with Gasteiger partial charge in [-0.15, -0.1) is 11.3 Å². The molecule has 0 aromatic carbocycles. The summed E-state index contributed by atoms with van der Waals surface area (Å²) >= 11 is 1.81. The summed E-state index contributed by atoms with van der Waals surface area (Å²) in [6, 6.07) is 0. The van der Waals surface area contributed by atoms with E-state index in [9.17, 15) is 0 Å². The quantitative estimate of drug-likeness (QED) is 0.769. The van der Waals surface area contributed by atoms with Crippen molar-refractivity contribution in [2.75, 3.05) is 7.11 Å². The maximum absolute atomic E-state index is 5.60. The van der Waals surface area contributed by atoms with Gasteiger partial charge in [0, 0.05) is 24.1 Å². The van der Waals surface area contributed by atoms with Crippen molar-refractivity contribution in [1.29, 1.82) is 0 Å². The molecule has 0 aliphatic carbocycles. The molecule has 0 radical (unpaired) electrons. The summed E-state index contributed by atoms with van der Waals surface area (Å²) in [5.74, 6) is 0. The van der Waals surface area contributed by atoms with Crippen molar-refractivity contribution in [2.24, 2.45) is 0 Å². The van der Waals surface area contributed by atoms with Crippen LogP contribution >= 0.6 is 11.3 Å². The van der Waals surface area contributed by atoms with Crippen LogP contribution in [0, 0.1) is 0 Å². The lowest BCUT2D eigenvalue weighted by atomic mass is 10.1. The van der Waals surface area contributed by atoms with E-state index in [1.807, 2.05) is 11.3 Å². The van der Waals surface area contributed by atoms with Crippen molar-refractivity contribution in [3.63, 3.8) is 0 Å². The van der Waals surface area contributed by atoms with E-state index in [1.165, 1.54) is 10.6 Å². The molecule has 3 nitrogen and oxygen atoms in total. The zero-order chi connectivity index (χ0) is 15.2. The monoisotopic (exact) mass is 298 g/mol. The van der Waals surface area contributed by atoms with Crippen molar-refractivity contribution < 1.29 is 4.74 Å². The molecule has 0 bridgehead atoms. The first-order valence-electron chi connectivity index (χ1n) is 7.67. The van der Waals surface area contributed by atoms with Crippen molar-refractivity contribution in [3.8, 4) is 0 Å². The average molecular weight is 298 g/mol. The molecule has 0 aliphatic rings.